The van der Waals surface area contributed by atoms with E-state index in [1.807, 2.05) is 0 Å². The molecule has 6 rings (SSSR count). The van der Waals surface area contributed by atoms with Gasteiger partial charge < -0.3 is 19.9 Å². The molecule has 70 heavy (non-hydrogen) atoms. The highest BCUT2D eigenvalue weighted by Crippen LogP contribution is 2.38. The fourth-order valence-electron chi connectivity index (χ4n) is 6.19. The van der Waals surface area contributed by atoms with Crippen molar-refractivity contribution in [3.63, 3.8) is 0 Å². The monoisotopic (exact) mass is 1040 g/mol. The zero-order valence-electron chi connectivity index (χ0n) is 36.4. The first kappa shape index (κ1) is 51.8. The molecule has 0 heterocycles. The first-order valence-electron chi connectivity index (χ1n) is 19.4. The largest absolute Gasteiger partial charge is 0.737 e. The van der Waals surface area contributed by atoms with Gasteiger partial charge in [-0.15, -0.1) is 0 Å². The number of hydrazone groups is 2. The number of methoxy groups -OCH3 is 2. The van der Waals surface area contributed by atoms with Crippen molar-refractivity contribution in [1.29, 1.82) is 0 Å². The highest BCUT2D eigenvalue weighted by Gasteiger charge is 2.27. The first-order chi connectivity index (χ1) is 32.7. The van der Waals surface area contributed by atoms with E-state index in [-0.39, 0.29) is 78.2 Å². The SMILES string of the molecule is COc1cc(N=Nc2cccc(S(=O)(=O)O)c2)c(C)cc1N([O-])/N=C1C=C/C(=C\C=C2C=C/C(=N\[N+](=O)c3cc(C)c(N=Nc4cccc(S(=O)(=O)O)c4)cc3OC)C=C/2S(=O)(=O)O)C(S(=O)(=O)O)=C\1. The van der Waals surface area contributed by atoms with Crippen LogP contribution < -0.4 is 14.6 Å². The van der Waals surface area contributed by atoms with E-state index in [2.05, 4.69) is 30.7 Å². The molecular formula is C42H36N8O16S4. The number of nitrogens with zero attached hydrogens (tertiary/aromatic N) is 8. The molecule has 0 aromatic heterocycles. The van der Waals surface area contributed by atoms with Crippen molar-refractivity contribution in [3.8, 4) is 11.5 Å². The third-order valence-electron chi connectivity index (χ3n) is 9.59. The Morgan fingerprint density at radius 3 is 1.51 bits per heavy atom. The van der Waals surface area contributed by atoms with E-state index in [9.17, 15) is 62.0 Å². The molecule has 0 spiro atoms. The Kier molecular flexibility index (Phi) is 15.2. The van der Waals surface area contributed by atoms with E-state index in [0.717, 1.165) is 60.7 Å². The molecule has 28 heteroatoms. The summed E-state index contributed by atoms with van der Waals surface area (Å²) in [5.74, 6) is -0.126. The molecule has 0 saturated heterocycles. The van der Waals surface area contributed by atoms with Gasteiger partial charge in [-0.2, -0.15) is 59.2 Å². The summed E-state index contributed by atoms with van der Waals surface area (Å²) in [7, 11) is -16.6. The van der Waals surface area contributed by atoms with Gasteiger partial charge in [0, 0.05) is 18.2 Å². The van der Waals surface area contributed by atoms with E-state index in [4.69, 9.17) is 9.47 Å². The highest BCUT2D eigenvalue weighted by atomic mass is 32.2. The van der Waals surface area contributed by atoms with Crippen LogP contribution in [0.25, 0.3) is 0 Å². The average molecular weight is 1040 g/mol. The molecule has 2 aliphatic rings. The van der Waals surface area contributed by atoms with Gasteiger partial charge in [0.2, 0.25) is 5.75 Å². The van der Waals surface area contributed by atoms with Crippen LogP contribution in [-0.4, -0.2) is 82.4 Å². The summed E-state index contributed by atoms with van der Waals surface area (Å²) in [6.45, 7) is 3.12. The van der Waals surface area contributed by atoms with Gasteiger partial charge in [-0.05, 0) is 103 Å². The second kappa shape index (κ2) is 20.6. The van der Waals surface area contributed by atoms with E-state index in [0.29, 0.717) is 11.1 Å². The molecule has 24 nitrogen and oxygen atoms in total. The van der Waals surface area contributed by atoms with Crippen molar-refractivity contribution >= 4 is 86.0 Å². The summed E-state index contributed by atoms with van der Waals surface area (Å²) >= 11 is 0. The quantitative estimate of drug-likeness (QED) is 0.0376. The highest BCUT2D eigenvalue weighted by molar-refractivity contribution is 7.90. The Bertz CT molecular complexity index is 3630. The molecule has 0 bridgehead atoms. The van der Waals surface area contributed by atoms with Crippen LogP contribution in [0.1, 0.15) is 11.1 Å². The predicted octanol–water partition coefficient (Wildman–Crippen LogP) is 8.31. The number of ether oxygens (including phenoxy) is 2. The van der Waals surface area contributed by atoms with Crippen molar-refractivity contribution in [3.05, 3.63) is 164 Å². The molecule has 0 saturated carbocycles. The first-order valence-corrected chi connectivity index (χ1v) is 25.2. The predicted molar refractivity (Wildman–Crippen MR) is 254 cm³/mol. The van der Waals surface area contributed by atoms with Crippen molar-refractivity contribution < 1.29 is 66.2 Å². The van der Waals surface area contributed by atoms with Crippen molar-refractivity contribution in [1.82, 2.24) is 0 Å². The number of aryl methyl sites for hydroxylation is 2. The zero-order chi connectivity index (χ0) is 51.3. The number of nitroso groups, excluding NO2 is 1. The molecule has 4 aromatic carbocycles. The number of anilines is 1. The molecular weight excluding hydrogens is 1000 g/mol. The lowest BCUT2D eigenvalue weighted by Crippen LogP contribution is -2.14. The minimum atomic E-state index is -5.04. The van der Waals surface area contributed by atoms with E-state index in [1.165, 1.54) is 74.9 Å². The van der Waals surface area contributed by atoms with Crippen molar-refractivity contribution in [2.24, 2.45) is 30.7 Å². The van der Waals surface area contributed by atoms with E-state index < -0.39 is 60.1 Å². The normalized spacial score (nSPS) is 16.9. The maximum Gasteiger partial charge on any atom is 0.336 e. The van der Waals surface area contributed by atoms with Crippen LogP contribution in [0.15, 0.2) is 183 Å². The van der Waals surface area contributed by atoms with Gasteiger partial charge in [-0.3, -0.25) is 18.2 Å². The van der Waals surface area contributed by atoms with E-state index >= 15 is 0 Å². The Morgan fingerprint density at radius 2 is 1.04 bits per heavy atom. The smallest absolute Gasteiger partial charge is 0.336 e. The molecule has 0 amide bonds. The Morgan fingerprint density at radius 1 is 0.586 bits per heavy atom. The second-order valence-electron chi connectivity index (χ2n) is 14.4. The van der Waals surface area contributed by atoms with Crippen LogP contribution in [0.5, 0.6) is 11.5 Å². The lowest BCUT2D eigenvalue weighted by atomic mass is 10.0. The molecule has 0 aliphatic heterocycles. The van der Waals surface area contributed by atoms with Crippen molar-refractivity contribution in [2.75, 3.05) is 19.4 Å². The molecule has 0 atom stereocenters. The van der Waals surface area contributed by atoms with Crippen LogP contribution in [0.4, 0.5) is 34.1 Å². The standard InChI is InChI=1S/C42H36N8O16S4/c1-25-17-37(39(65-3)23-35(25)45-43-29-7-5-9-33(19-29)67(53,54)55)49(51)47-31-15-13-27(41(21-31)69(59,60)61)11-12-28-14-16-32(22-42(28)70(62,63)64)48-50(52)38-18-26(2)36(24-40(38)66-4)46-44-30-8-6-10-34(20-30)68(56,57)58/h5-24H,1-4H3,(H,53,54,55)(H,56,57,58)(H,59,60,61)(H,62,63,64)/b27-11+,28-12+,45-43?,46-44?,47-31+,48-32+. The summed E-state index contributed by atoms with van der Waals surface area (Å²) in [5, 5.41) is 37.4. The topological polar surface area (TPSA) is 356 Å². The summed E-state index contributed by atoms with van der Waals surface area (Å²) < 4.78 is 146. The third-order valence-corrected chi connectivity index (χ3v) is 13.1. The minimum absolute atomic E-state index is 0.0628. The lowest BCUT2D eigenvalue weighted by molar-refractivity contribution is -0.468. The number of hydrogen-bond acceptors (Lipinski definition) is 18. The Labute approximate surface area is 399 Å². The summed E-state index contributed by atoms with van der Waals surface area (Å²) in [4.78, 5) is 11.1. The fourth-order valence-corrected chi connectivity index (χ4v) is 8.64. The van der Waals surface area contributed by atoms with E-state index in [1.54, 1.807) is 13.8 Å². The molecule has 2 aliphatic carbocycles. The molecule has 0 radical (unpaired) electrons. The Balaban J connectivity index is 1.24. The maximum atomic E-state index is 13.4. The molecule has 0 unspecified atom stereocenters. The number of hydrogen-bond donors (Lipinski definition) is 4. The lowest BCUT2D eigenvalue weighted by Gasteiger charge is -2.28. The van der Waals surface area contributed by atoms with Gasteiger partial charge in [0.05, 0.1) is 68.2 Å². The average Bonchev–Trinajstić information content (AvgIpc) is 3.29. The van der Waals surface area contributed by atoms with Crippen LogP contribution in [0.2, 0.25) is 0 Å². The summed E-state index contributed by atoms with van der Waals surface area (Å²) in [5.41, 5.74) is -0.0525. The van der Waals surface area contributed by atoms with Crippen LogP contribution in [0.3, 0.4) is 0 Å². The number of allylic oxidation sites excluding steroid dienone is 10. The molecule has 0 fully saturated rings. The molecule has 364 valence electrons. The fraction of sp³-hybridized carbons (Fsp3) is 0.0952. The molecule has 4 N–H and O–H groups in total. The number of rotatable bonds is 15. The Hall–Kier alpha value is -7.54. The van der Waals surface area contributed by atoms with Crippen LogP contribution in [-0.2, 0) is 40.5 Å². The van der Waals surface area contributed by atoms with Gasteiger partial charge in [-0.1, -0.05) is 36.4 Å². The second-order valence-corrected chi connectivity index (χ2v) is 20.1. The third kappa shape index (κ3) is 12.8. The zero-order valence-corrected chi connectivity index (χ0v) is 39.7. The van der Waals surface area contributed by atoms with Crippen molar-refractivity contribution in [2.45, 2.75) is 23.6 Å². The van der Waals surface area contributed by atoms with Gasteiger partial charge in [0.1, 0.15) is 21.3 Å². The summed E-state index contributed by atoms with van der Waals surface area (Å²) in [6, 6.07) is 15.3. The van der Waals surface area contributed by atoms with Crippen LogP contribution in [0, 0.1) is 24.0 Å². The van der Waals surface area contributed by atoms with Gasteiger partial charge in [-0.25, -0.2) is 0 Å². The minimum Gasteiger partial charge on any atom is -0.737 e. The number of benzene rings is 4. The maximum absolute atomic E-state index is 13.4. The van der Waals surface area contributed by atoms with Crippen LogP contribution >= 0.6 is 0 Å². The number of azo groups is 2. The van der Waals surface area contributed by atoms with Gasteiger partial charge in [0.15, 0.2) is 4.87 Å². The van der Waals surface area contributed by atoms with Gasteiger partial charge >= 0.3 is 5.69 Å². The summed E-state index contributed by atoms with van der Waals surface area (Å²) in [6.07, 6.45) is 8.57. The molecule has 4 aromatic rings. The van der Waals surface area contributed by atoms with Gasteiger partial charge in [0.25, 0.3) is 40.5 Å².